The zero-order chi connectivity index (χ0) is 42.7. The van der Waals surface area contributed by atoms with E-state index in [1.54, 1.807) is 0 Å². The molecule has 0 unspecified atom stereocenters. The third-order valence-electron chi connectivity index (χ3n) is 12.6. The van der Waals surface area contributed by atoms with Gasteiger partial charge in [0.15, 0.2) is 0 Å². The summed E-state index contributed by atoms with van der Waals surface area (Å²) in [5.74, 6) is 2.04. The van der Waals surface area contributed by atoms with E-state index in [4.69, 9.17) is 14.7 Å². The normalized spacial score (nSPS) is 12.1. The maximum absolute atomic E-state index is 6.84. The standard InChI is InChI=1S/C57H42N4OS.Pt/c1-33-28-34(2)51(35(3)29-33)53-54(36-14-8-7-9-15-36)61-46-18-12-10-16-41(46)40-22-20-38(31-45(40)56(61)59-53)62-39-21-23-42-43-24-25-49-52(44-17-11-13-19-48(44)63-49)55(43)60(47(42)32-39)50-30-37(26-27-58-50)57(4,5)6;/h7-30H,1-6H3;/q-2;. The molecule has 0 saturated heterocycles. The number of para-hydroxylation sites is 1. The van der Waals surface area contributed by atoms with Gasteiger partial charge in [-0.2, -0.15) is 6.07 Å². The summed E-state index contributed by atoms with van der Waals surface area (Å²) in [5.41, 5.74) is 13.0. The molecule has 0 bridgehead atoms. The Morgan fingerprint density at radius 2 is 1.36 bits per heavy atom. The summed E-state index contributed by atoms with van der Waals surface area (Å²) in [5, 5.41) is 7.79. The van der Waals surface area contributed by atoms with Crippen molar-refractivity contribution in [2.24, 2.45) is 0 Å². The third kappa shape index (κ3) is 6.22. The summed E-state index contributed by atoms with van der Waals surface area (Å²) < 4.78 is 14.0. The topological polar surface area (TPSA) is 45.3 Å². The van der Waals surface area contributed by atoms with Crippen LogP contribution < -0.4 is 14.1 Å². The number of ether oxygens (including phenoxy) is 1. The fourth-order valence-electron chi connectivity index (χ4n) is 9.88. The molecule has 0 aliphatic heterocycles. The van der Waals surface area contributed by atoms with Crippen LogP contribution in [0.25, 0.3) is 97.6 Å². The number of rotatable bonds is 5. The summed E-state index contributed by atoms with van der Waals surface area (Å²) in [4.78, 5) is 10.6. The van der Waals surface area contributed by atoms with Gasteiger partial charge < -0.3 is 13.7 Å². The Morgan fingerprint density at radius 1 is 0.672 bits per heavy atom. The van der Waals surface area contributed by atoms with E-state index in [0.29, 0.717) is 11.5 Å². The third-order valence-corrected chi connectivity index (χ3v) is 13.8. The van der Waals surface area contributed by atoms with Crippen LogP contribution in [0.2, 0.25) is 0 Å². The average Bonchev–Trinajstić information content (AvgIpc) is 3.96. The predicted molar refractivity (Wildman–Crippen MR) is 261 cm³/mol. The molecule has 0 aliphatic carbocycles. The molecule has 0 amide bonds. The van der Waals surface area contributed by atoms with Crippen LogP contribution in [0, 0.1) is 32.9 Å². The van der Waals surface area contributed by atoms with Crippen molar-refractivity contribution in [2.45, 2.75) is 47.0 Å². The van der Waals surface area contributed by atoms with Crippen molar-refractivity contribution in [1.82, 2.24) is 14.5 Å². The van der Waals surface area contributed by atoms with Gasteiger partial charge in [0.1, 0.15) is 5.82 Å². The van der Waals surface area contributed by atoms with E-state index in [1.807, 2.05) is 29.7 Å². The van der Waals surface area contributed by atoms with E-state index in [0.717, 1.165) is 77.5 Å². The van der Waals surface area contributed by atoms with Crippen molar-refractivity contribution in [3.05, 3.63) is 180 Å². The molecular weight excluding hydrogens is 984 g/mol. The smallest absolute Gasteiger partial charge is 0.135 e. The molecular formula is C57H42N4OPtS-2. The van der Waals surface area contributed by atoms with Crippen molar-refractivity contribution >= 4 is 80.6 Å². The van der Waals surface area contributed by atoms with Crippen LogP contribution in [-0.2, 0) is 26.5 Å². The van der Waals surface area contributed by atoms with Crippen molar-refractivity contribution in [3.63, 3.8) is 0 Å². The Hall–Kier alpha value is -6.59. The average molecular weight is 1030 g/mol. The molecule has 12 rings (SSSR count). The zero-order valence-corrected chi connectivity index (χ0v) is 39.4. The fraction of sp³-hybridized carbons (Fsp3) is 0.123. The number of fused-ring (bicyclic) bond motifs is 13. The second kappa shape index (κ2) is 15.0. The number of nitrogens with zero attached hydrogens (tertiary/aromatic N) is 4. The van der Waals surface area contributed by atoms with Crippen molar-refractivity contribution in [2.75, 3.05) is 0 Å². The first kappa shape index (κ1) is 40.2. The van der Waals surface area contributed by atoms with Crippen LogP contribution in [0.15, 0.2) is 146 Å². The summed E-state index contributed by atoms with van der Waals surface area (Å²) in [6, 6.07) is 57.1. The number of aryl methyl sites for hydroxylation is 3. The van der Waals surface area contributed by atoms with E-state index >= 15 is 0 Å². The van der Waals surface area contributed by atoms with Crippen LogP contribution in [0.1, 0.15) is 43.0 Å². The van der Waals surface area contributed by atoms with Gasteiger partial charge in [-0.05, 0) is 89.5 Å². The SMILES string of the molecule is Cc1cc(C)c(-c2[n-]c3c4[c-]c(Oc5[c-]c6c(cc5)c5ccc7sc8ccccc8c7c5n6-c5cc(C(C)(C)C)ccn5)ccc4c4ccccc4[n+]3c2-c2ccccc2)c(C)c1.[Pt]. The van der Waals surface area contributed by atoms with Gasteiger partial charge in [-0.3, -0.25) is 4.98 Å². The van der Waals surface area contributed by atoms with Gasteiger partial charge in [-0.1, -0.05) is 134 Å². The number of aromatic nitrogens is 4. The van der Waals surface area contributed by atoms with Crippen molar-refractivity contribution in [1.29, 1.82) is 0 Å². The first-order valence-electron chi connectivity index (χ1n) is 21.5. The van der Waals surface area contributed by atoms with E-state index < -0.39 is 0 Å². The largest absolute Gasteiger partial charge is 0.503 e. The molecule has 7 aromatic carbocycles. The van der Waals surface area contributed by atoms with Crippen molar-refractivity contribution in [3.8, 4) is 39.8 Å². The first-order chi connectivity index (χ1) is 30.6. The van der Waals surface area contributed by atoms with Gasteiger partial charge in [-0.25, -0.2) is 4.98 Å². The molecule has 314 valence electrons. The molecule has 5 heterocycles. The molecule has 0 fully saturated rings. The van der Waals surface area contributed by atoms with Gasteiger partial charge in [-0.15, -0.1) is 41.0 Å². The maximum Gasteiger partial charge on any atom is 0.135 e. The molecule has 0 N–H and O–H groups in total. The van der Waals surface area contributed by atoms with Gasteiger partial charge in [0.05, 0.1) is 22.6 Å². The Bertz CT molecular complexity index is 3830. The van der Waals surface area contributed by atoms with Crippen LogP contribution in [-0.4, -0.2) is 9.55 Å². The van der Waals surface area contributed by atoms with E-state index in [2.05, 4.69) is 190 Å². The monoisotopic (exact) mass is 1030 g/mol. The molecule has 7 heteroatoms. The first-order valence-corrected chi connectivity index (χ1v) is 22.3. The molecule has 0 saturated carbocycles. The van der Waals surface area contributed by atoms with Crippen molar-refractivity contribution < 1.29 is 30.2 Å². The van der Waals surface area contributed by atoms with Crippen LogP contribution in [0.5, 0.6) is 11.5 Å². The second-order valence-corrected chi connectivity index (χ2v) is 18.9. The molecule has 5 aromatic heterocycles. The van der Waals surface area contributed by atoms with Gasteiger partial charge in [0.25, 0.3) is 0 Å². The second-order valence-electron chi connectivity index (χ2n) is 17.8. The molecule has 0 spiro atoms. The molecule has 0 aliphatic rings. The minimum Gasteiger partial charge on any atom is -0.503 e. The van der Waals surface area contributed by atoms with Crippen LogP contribution >= 0.6 is 11.3 Å². The molecule has 0 radical (unpaired) electrons. The summed E-state index contributed by atoms with van der Waals surface area (Å²) in [6.07, 6.45) is 1.93. The van der Waals surface area contributed by atoms with Crippen LogP contribution in [0.4, 0.5) is 0 Å². The summed E-state index contributed by atoms with van der Waals surface area (Å²) >= 11 is 1.83. The fourth-order valence-corrected chi connectivity index (χ4v) is 11.0. The summed E-state index contributed by atoms with van der Waals surface area (Å²) in [7, 11) is 0. The van der Waals surface area contributed by atoms with E-state index in [9.17, 15) is 0 Å². The Kier molecular flexibility index (Phi) is 9.43. The Balaban J connectivity index is 0.00000456. The van der Waals surface area contributed by atoms with Gasteiger partial charge in [0, 0.05) is 70.0 Å². The van der Waals surface area contributed by atoms with Crippen LogP contribution in [0.3, 0.4) is 0 Å². The van der Waals surface area contributed by atoms with E-state index in [1.165, 1.54) is 42.4 Å². The number of thiophene rings is 1. The maximum atomic E-state index is 6.84. The Labute approximate surface area is 389 Å². The van der Waals surface area contributed by atoms with Gasteiger partial charge in [0.2, 0.25) is 0 Å². The Morgan fingerprint density at radius 3 is 2.14 bits per heavy atom. The molecule has 5 nitrogen and oxygen atoms in total. The number of hydrogen-bond acceptors (Lipinski definition) is 3. The minimum atomic E-state index is -0.0588. The number of pyridine rings is 2. The minimum absolute atomic E-state index is 0. The number of imidazole rings is 1. The van der Waals surface area contributed by atoms with Gasteiger partial charge >= 0.3 is 0 Å². The number of benzene rings is 7. The van der Waals surface area contributed by atoms with E-state index in [-0.39, 0.29) is 26.5 Å². The summed E-state index contributed by atoms with van der Waals surface area (Å²) in [6.45, 7) is 13.3. The zero-order valence-electron chi connectivity index (χ0n) is 36.3. The predicted octanol–water partition coefficient (Wildman–Crippen LogP) is 14.5. The molecule has 12 aromatic rings. The number of hydrogen-bond donors (Lipinski definition) is 0. The molecule has 0 atom stereocenters. The molecule has 64 heavy (non-hydrogen) atoms. The quantitative estimate of drug-likeness (QED) is 0.0980.